The summed E-state index contributed by atoms with van der Waals surface area (Å²) in [5.74, 6) is 0.553. The van der Waals surface area contributed by atoms with Crippen LogP contribution in [0.2, 0.25) is 0 Å². The van der Waals surface area contributed by atoms with Crippen LogP contribution < -0.4 is 10.2 Å². The maximum atomic E-state index is 13.3. The van der Waals surface area contributed by atoms with Gasteiger partial charge in [-0.3, -0.25) is 14.5 Å². The average Bonchev–Trinajstić information content (AvgIpc) is 3.21. The van der Waals surface area contributed by atoms with Gasteiger partial charge >= 0.3 is 0 Å². The van der Waals surface area contributed by atoms with Crippen LogP contribution in [0.25, 0.3) is 0 Å². The van der Waals surface area contributed by atoms with Crippen molar-refractivity contribution >= 4 is 35.0 Å². The maximum absolute atomic E-state index is 13.3. The van der Waals surface area contributed by atoms with Gasteiger partial charge < -0.3 is 5.32 Å². The zero-order chi connectivity index (χ0) is 23.4. The summed E-state index contributed by atoms with van der Waals surface area (Å²) in [5.41, 5.74) is 4.81. The Labute approximate surface area is 200 Å². The summed E-state index contributed by atoms with van der Waals surface area (Å²) < 4.78 is 0. The van der Waals surface area contributed by atoms with E-state index in [1.807, 2.05) is 84.6 Å². The van der Waals surface area contributed by atoms with Crippen LogP contribution in [0, 0.1) is 0 Å². The first kappa shape index (κ1) is 23.1. The smallest absolute Gasteiger partial charge is 0.238 e. The molecule has 1 N–H and O–H groups in total. The molecule has 3 aromatic rings. The highest BCUT2D eigenvalue weighted by Crippen LogP contribution is 2.46. The third-order valence-electron chi connectivity index (χ3n) is 6.10. The number of nitrogens with one attached hydrogen (secondary N) is 1. The van der Waals surface area contributed by atoms with Crippen LogP contribution in [0.15, 0.2) is 78.9 Å². The number of thioether (sulfide) groups is 1. The summed E-state index contributed by atoms with van der Waals surface area (Å²) in [5, 5.41) is 2.98. The van der Waals surface area contributed by atoms with E-state index in [9.17, 15) is 9.59 Å². The predicted octanol–water partition coefficient (Wildman–Crippen LogP) is 6.72. The number of amides is 2. The lowest BCUT2D eigenvalue weighted by atomic mass is 9.95. The number of nitrogens with zero attached hydrogens (tertiary/aromatic N) is 1. The van der Waals surface area contributed by atoms with E-state index in [2.05, 4.69) is 25.2 Å². The second-order valence-corrected chi connectivity index (χ2v) is 9.66. The molecule has 0 unspecified atom stereocenters. The molecule has 33 heavy (non-hydrogen) atoms. The minimum atomic E-state index is -0.227. The van der Waals surface area contributed by atoms with Gasteiger partial charge in [0.1, 0.15) is 5.37 Å². The van der Waals surface area contributed by atoms with Crippen molar-refractivity contribution in [2.75, 3.05) is 16.0 Å². The predicted molar refractivity (Wildman–Crippen MR) is 138 cm³/mol. The molecule has 0 bridgehead atoms. The van der Waals surface area contributed by atoms with Crippen molar-refractivity contribution in [2.24, 2.45) is 0 Å². The van der Waals surface area contributed by atoms with E-state index in [-0.39, 0.29) is 23.1 Å². The first-order chi connectivity index (χ1) is 16.0. The Morgan fingerprint density at radius 3 is 2.39 bits per heavy atom. The molecule has 0 saturated carbocycles. The number of anilines is 2. The Morgan fingerprint density at radius 1 is 1.00 bits per heavy atom. The molecule has 1 aliphatic rings. The average molecular weight is 459 g/mol. The van der Waals surface area contributed by atoms with Gasteiger partial charge in [-0.2, -0.15) is 0 Å². The van der Waals surface area contributed by atoms with Gasteiger partial charge in [0.2, 0.25) is 11.8 Å². The lowest BCUT2D eigenvalue weighted by molar-refractivity contribution is -0.117. The largest absolute Gasteiger partial charge is 0.325 e. The van der Waals surface area contributed by atoms with Crippen LogP contribution in [0.3, 0.4) is 0 Å². The normalized spacial score (nSPS) is 16.8. The highest BCUT2D eigenvalue weighted by atomic mass is 32.2. The molecule has 0 aliphatic carbocycles. The number of hydrogen-bond donors (Lipinski definition) is 1. The molecule has 1 fully saturated rings. The number of carbonyl (C=O) groups excluding carboxylic acids is 2. The van der Waals surface area contributed by atoms with E-state index < -0.39 is 0 Å². The number of carbonyl (C=O) groups is 2. The van der Waals surface area contributed by atoms with Gasteiger partial charge in [-0.25, -0.2) is 0 Å². The van der Waals surface area contributed by atoms with E-state index >= 15 is 0 Å². The summed E-state index contributed by atoms with van der Waals surface area (Å²) in [6.45, 7) is 6.31. The van der Waals surface area contributed by atoms with E-state index in [1.165, 1.54) is 0 Å². The second kappa shape index (κ2) is 10.3. The third-order valence-corrected chi connectivity index (χ3v) is 7.29. The van der Waals surface area contributed by atoms with Crippen molar-refractivity contribution in [3.8, 4) is 0 Å². The lowest BCUT2D eigenvalue weighted by Crippen LogP contribution is -2.30. The molecule has 1 saturated heterocycles. The Bertz CT molecular complexity index is 1130. The third kappa shape index (κ3) is 4.83. The van der Waals surface area contributed by atoms with Gasteiger partial charge in [0.25, 0.3) is 0 Å². The fourth-order valence-electron chi connectivity index (χ4n) is 4.41. The van der Waals surface area contributed by atoms with Gasteiger partial charge in [0.15, 0.2) is 0 Å². The van der Waals surface area contributed by atoms with Crippen LogP contribution in [0.4, 0.5) is 11.4 Å². The Hall–Kier alpha value is -3.05. The van der Waals surface area contributed by atoms with Crippen LogP contribution in [0.1, 0.15) is 61.1 Å². The second-order valence-electron chi connectivity index (χ2n) is 8.59. The quantitative estimate of drug-likeness (QED) is 0.427. The molecule has 0 spiro atoms. The first-order valence-corrected chi connectivity index (χ1v) is 12.5. The summed E-state index contributed by atoms with van der Waals surface area (Å²) in [6.07, 6.45) is 0.711. The molecular formula is C28H30N2O2S. The number of rotatable bonds is 7. The molecular weight excluding hydrogens is 428 g/mol. The van der Waals surface area contributed by atoms with Gasteiger partial charge in [-0.05, 0) is 35.6 Å². The van der Waals surface area contributed by atoms with Gasteiger partial charge in [-0.15, -0.1) is 11.8 Å². The van der Waals surface area contributed by atoms with E-state index in [0.29, 0.717) is 18.1 Å². The van der Waals surface area contributed by atoms with Crippen LogP contribution >= 0.6 is 11.8 Å². The van der Waals surface area contributed by atoms with Crippen LogP contribution in [-0.2, 0) is 9.59 Å². The van der Waals surface area contributed by atoms with E-state index in [4.69, 9.17) is 0 Å². The van der Waals surface area contributed by atoms with E-state index in [1.54, 1.807) is 11.8 Å². The fourth-order valence-corrected chi connectivity index (χ4v) is 5.62. The SMILES string of the molecule is CC[C@@H](C(=O)Nc1ccccc1[C@@H]1SCC(=O)N1c1ccccc1C(C)C)c1ccccc1. The summed E-state index contributed by atoms with van der Waals surface area (Å²) in [7, 11) is 0. The zero-order valence-electron chi connectivity index (χ0n) is 19.3. The highest BCUT2D eigenvalue weighted by Gasteiger charge is 2.37. The number of benzene rings is 3. The van der Waals surface area contributed by atoms with Crippen molar-refractivity contribution in [1.29, 1.82) is 0 Å². The van der Waals surface area contributed by atoms with Gasteiger partial charge in [-0.1, -0.05) is 87.5 Å². The van der Waals surface area contributed by atoms with Crippen molar-refractivity contribution in [2.45, 2.75) is 44.4 Å². The number of para-hydroxylation sites is 2. The molecule has 5 heteroatoms. The molecule has 0 radical (unpaired) electrons. The molecule has 2 amide bonds. The molecule has 3 aromatic carbocycles. The summed E-state index contributed by atoms with van der Waals surface area (Å²) >= 11 is 1.60. The Kier molecular flexibility index (Phi) is 7.19. The topological polar surface area (TPSA) is 49.4 Å². The van der Waals surface area contributed by atoms with E-state index in [0.717, 1.165) is 28.1 Å². The fraction of sp³-hybridized carbons (Fsp3) is 0.286. The molecule has 1 aliphatic heterocycles. The molecule has 2 atom stereocenters. The van der Waals surface area contributed by atoms with Crippen molar-refractivity contribution < 1.29 is 9.59 Å². The molecule has 170 valence electrons. The standard InChI is InChI=1S/C28H30N2O2S/c1-4-21(20-12-6-5-7-13-20)27(32)29-24-16-10-8-15-23(24)28-30(26(31)18-33-28)25-17-11-9-14-22(25)19(2)3/h5-17,19,21,28H,4,18H2,1-3H3,(H,29,32)/t21-,28+/m1/s1. The molecule has 4 nitrogen and oxygen atoms in total. The van der Waals surface area contributed by atoms with Gasteiger partial charge in [0.05, 0.1) is 11.7 Å². The van der Waals surface area contributed by atoms with Crippen molar-refractivity contribution in [3.05, 3.63) is 95.6 Å². The maximum Gasteiger partial charge on any atom is 0.238 e. The monoisotopic (exact) mass is 458 g/mol. The molecule has 1 heterocycles. The number of hydrogen-bond acceptors (Lipinski definition) is 3. The zero-order valence-corrected chi connectivity index (χ0v) is 20.1. The minimum Gasteiger partial charge on any atom is -0.325 e. The van der Waals surface area contributed by atoms with Crippen LogP contribution in [0.5, 0.6) is 0 Å². The van der Waals surface area contributed by atoms with Gasteiger partial charge in [0, 0.05) is 16.9 Å². The lowest BCUT2D eigenvalue weighted by Gasteiger charge is -2.29. The van der Waals surface area contributed by atoms with Crippen molar-refractivity contribution in [3.63, 3.8) is 0 Å². The first-order valence-electron chi connectivity index (χ1n) is 11.5. The summed E-state index contributed by atoms with van der Waals surface area (Å²) in [6, 6.07) is 25.8. The highest BCUT2D eigenvalue weighted by molar-refractivity contribution is 8.00. The van der Waals surface area contributed by atoms with Crippen LogP contribution in [-0.4, -0.2) is 17.6 Å². The van der Waals surface area contributed by atoms with Crippen molar-refractivity contribution in [1.82, 2.24) is 0 Å². The Morgan fingerprint density at radius 2 is 1.67 bits per heavy atom. The Balaban J connectivity index is 1.67. The molecule has 4 rings (SSSR count). The minimum absolute atomic E-state index is 0.0281. The molecule has 0 aromatic heterocycles. The summed E-state index contributed by atoms with van der Waals surface area (Å²) in [4.78, 5) is 28.2.